The second kappa shape index (κ2) is 7.89. The summed E-state index contributed by atoms with van der Waals surface area (Å²) in [6.07, 6.45) is 5.41. The first-order valence-corrected chi connectivity index (χ1v) is 9.94. The monoisotopic (exact) mass is 391 g/mol. The maximum Gasteiger partial charge on any atom is 0.325 e. The lowest BCUT2D eigenvalue weighted by Gasteiger charge is -2.34. The van der Waals surface area contributed by atoms with Crippen molar-refractivity contribution >= 4 is 29.4 Å². The average molecular weight is 392 g/mol. The molecular weight excluding hydrogens is 366 g/mol. The smallest absolute Gasteiger partial charge is 0.325 e. The molecule has 27 heavy (non-hydrogen) atoms. The predicted octanol–water partition coefficient (Wildman–Crippen LogP) is 3.29. The summed E-state index contributed by atoms with van der Waals surface area (Å²) in [5, 5.41) is 3.28. The number of hydrogen-bond acceptors (Lipinski definition) is 3. The van der Waals surface area contributed by atoms with E-state index < -0.39 is 17.5 Å². The third-order valence-electron chi connectivity index (χ3n) is 5.67. The van der Waals surface area contributed by atoms with Crippen molar-refractivity contribution in [2.45, 2.75) is 57.5 Å². The number of amides is 4. The van der Waals surface area contributed by atoms with Crippen molar-refractivity contribution in [3.8, 4) is 0 Å². The van der Waals surface area contributed by atoms with Crippen LogP contribution < -0.4 is 5.32 Å². The minimum Gasteiger partial charge on any atom is -0.338 e. The molecule has 1 N–H and O–H groups in total. The van der Waals surface area contributed by atoms with E-state index in [1.54, 1.807) is 31.2 Å². The Morgan fingerprint density at radius 2 is 1.85 bits per heavy atom. The van der Waals surface area contributed by atoms with Crippen molar-refractivity contribution in [1.82, 2.24) is 15.1 Å². The van der Waals surface area contributed by atoms with Gasteiger partial charge in [-0.1, -0.05) is 43.0 Å². The second-order valence-corrected chi connectivity index (χ2v) is 7.86. The molecule has 6 nitrogen and oxygen atoms in total. The van der Waals surface area contributed by atoms with Crippen molar-refractivity contribution in [3.63, 3.8) is 0 Å². The summed E-state index contributed by atoms with van der Waals surface area (Å²) in [5.74, 6) is -0.587. The summed E-state index contributed by atoms with van der Waals surface area (Å²) in [5.41, 5.74) is -0.552. The number of imide groups is 1. The van der Waals surface area contributed by atoms with E-state index in [0.29, 0.717) is 17.1 Å². The number of hydrogen-bond donors (Lipinski definition) is 1. The Labute approximate surface area is 164 Å². The molecule has 0 spiro atoms. The lowest BCUT2D eigenvalue weighted by molar-refractivity contribution is -0.140. The maximum atomic E-state index is 13.0. The first kappa shape index (κ1) is 19.7. The van der Waals surface area contributed by atoms with Crippen molar-refractivity contribution in [2.24, 2.45) is 0 Å². The van der Waals surface area contributed by atoms with Gasteiger partial charge >= 0.3 is 6.03 Å². The van der Waals surface area contributed by atoms with Crippen molar-refractivity contribution in [1.29, 1.82) is 0 Å². The van der Waals surface area contributed by atoms with Crippen LogP contribution in [0.25, 0.3) is 0 Å². The zero-order valence-corrected chi connectivity index (χ0v) is 16.6. The van der Waals surface area contributed by atoms with Gasteiger partial charge in [0.25, 0.3) is 5.91 Å². The van der Waals surface area contributed by atoms with E-state index in [1.165, 1.54) is 6.42 Å². The van der Waals surface area contributed by atoms with E-state index in [0.717, 1.165) is 30.6 Å². The molecule has 146 valence electrons. The van der Waals surface area contributed by atoms with Crippen LogP contribution in [0.2, 0.25) is 5.02 Å². The fourth-order valence-electron chi connectivity index (χ4n) is 4.08. The van der Waals surface area contributed by atoms with E-state index in [1.807, 2.05) is 11.8 Å². The van der Waals surface area contributed by atoms with Crippen molar-refractivity contribution in [2.75, 3.05) is 13.1 Å². The summed E-state index contributed by atoms with van der Waals surface area (Å²) in [7, 11) is 0. The molecule has 2 aliphatic rings. The number of benzene rings is 1. The molecule has 0 radical (unpaired) electrons. The van der Waals surface area contributed by atoms with Crippen LogP contribution in [-0.4, -0.2) is 46.8 Å². The molecule has 1 saturated carbocycles. The van der Waals surface area contributed by atoms with Crippen molar-refractivity contribution < 1.29 is 14.4 Å². The number of likely N-dealkylation sites (N-methyl/N-ethyl adjacent to an activating group) is 1. The van der Waals surface area contributed by atoms with E-state index in [-0.39, 0.29) is 18.5 Å². The van der Waals surface area contributed by atoms with Crippen LogP contribution in [0.3, 0.4) is 0 Å². The molecule has 1 saturated heterocycles. The molecule has 1 aliphatic carbocycles. The van der Waals surface area contributed by atoms with Gasteiger partial charge in [-0.2, -0.15) is 0 Å². The number of halogens is 1. The van der Waals surface area contributed by atoms with E-state index in [2.05, 4.69) is 5.32 Å². The summed E-state index contributed by atoms with van der Waals surface area (Å²) in [6, 6.07) is 6.46. The van der Waals surface area contributed by atoms with Gasteiger partial charge in [0.2, 0.25) is 5.91 Å². The van der Waals surface area contributed by atoms with Crippen LogP contribution in [0.5, 0.6) is 0 Å². The molecule has 0 bridgehead atoms. The average Bonchev–Trinajstić information content (AvgIpc) is 2.88. The zero-order chi connectivity index (χ0) is 19.6. The molecule has 1 aliphatic heterocycles. The maximum absolute atomic E-state index is 13.0. The Balaban J connectivity index is 1.74. The molecule has 1 atom stereocenters. The minimum atomic E-state index is -1.19. The summed E-state index contributed by atoms with van der Waals surface area (Å²) >= 11 is 5.92. The van der Waals surface area contributed by atoms with Crippen LogP contribution in [-0.2, 0) is 15.1 Å². The Bertz CT molecular complexity index is 730. The Hall–Kier alpha value is -2.08. The molecule has 1 aromatic carbocycles. The highest BCUT2D eigenvalue weighted by molar-refractivity contribution is 6.30. The molecule has 1 unspecified atom stereocenters. The SMILES string of the molecule is CCN(C(=O)CN1C(=O)NC(C)(c2ccc(Cl)cc2)C1=O)C1CCCCC1. The van der Waals surface area contributed by atoms with Gasteiger partial charge in [-0.3, -0.25) is 14.5 Å². The van der Waals surface area contributed by atoms with Crippen molar-refractivity contribution in [3.05, 3.63) is 34.9 Å². The third kappa shape index (κ3) is 3.81. The molecule has 7 heteroatoms. The lowest BCUT2D eigenvalue weighted by atomic mass is 9.92. The first-order valence-electron chi connectivity index (χ1n) is 9.56. The number of carbonyl (C=O) groups excluding carboxylic acids is 3. The minimum absolute atomic E-state index is 0.173. The molecule has 1 aromatic rings. The molecule has 0 aromatic heterocycles. The predicted molar refractivity (Wildman–Crippen MR) is 103 cm³/mol. The van der Waals surface area contributed by atoms with Gasteiger partial charge in [0.1, 0.15) is 12.1 Å². The van der Waals surface area contributed by atoms with Gasteiger partial charge in [0.05, 0.1) is 0 Å². The van der Waals surface area contributed by atoms with Gasteiger partial charge < -0.3 is 10.2 Å². The summed E-state index contributed by atoms with van der Waals surface area (Å²) < 4.78 is 0. The van der Waals surface area contributed by atoms with Gasteiger partial charge in [-0.05, 0) is 44.4 Å². The Kier molecular flexibility index (Phi) is 5.75. The highest BCUT2D eigenvalue weighted by Crippen LogP contribution is 2.30. The van der Waals surface area contributed by atoms with E-state index in [9.17, 15) is 14.4 Å². The summed E-state index contributed by atoms with van der Waals surface area (Å²) in [4.78, 5) is 41.1. The second-order valence-electron chi connectivity index (χ2n) is 7.42. The summed E-state index contributed by atoms with van der Waals surface area (Å²) in [6.45, 7) is 3.95. The zero-order valence-electron chi connectivity index (χ0n) is 15.8. The Morgan fingerprint density at radius 1 is 1.22 bits per heavy atom. The topological polar surface area (TPSA) is 69.7 Å². The Morgan fingerprint density at radius 3 is 2.44 bits per heavy atom. The number of urea groups is 1. The molecule has 2 fully saturated rings. The van der Waals surface area contributed by atoms with Crippen LogP contribution in [0.4, 0.5) is 4.79 Å². The quantitative estimate of drug-likeness (QED) is 0.783. The number of carbonyl (C=O) groups is 3. The van der Waals surface area contributed by atoms with E-state index >= 15 is 0 Å². The highest BCUT2D eigenvalue weighted by atomic mass is 35.5. The lowest BCUT2D eigenvalue weighted by Crippen LogP contribution is -2.48. The normalized spacial score (nSPS) is 23.4. The number of nitrogens with zero attached hydrogens (tertiary/aromatic N) is 2. The van der Waals surface area contributed by atoms with Gasteiger partial charge in [-0.15, -0.1) is 0 Å². The first-order chi connectivity index (χ1) is 12.9. The van der Waals surface area contributed by atoms with Gasteiger partial charge in [-0.25, -0.2) is 4.79 Å². The molecule has 3 rings (SSSR count). The third-order valence-corrected chi connectivity index (χ3v) is 5.92. The molecule has 1 heterocycles. The number of rotatable bonds is 5. The molecular formula is C20H26ClN3O3. The van der Waals surface area contributed by atoms with Gasteiger partial charge in [0, 0.05) is 17.6 Å². The standard InChI is InChI=1S/C20H26ClN3O3/c1-3-23(16-7-5-4-6-8-16)17(25)13-24-18(26)20(2,22-19(24)27)14-9-11-15(21)12-10-14/h9-12,16H,3-8,13H2,1-2H3,(H,22,27). The highest BCUT2D eigenvalue weighted by Gasteiger charge is 2.49. The number of nitrogens with one attached hydrogen (secondary N) is 1. The van der Waals surface area contributed by atoms with E-state index in [4.69, 9.17) is 11.6 Å². The van der Waals surface area contributed by atoms with Crippen LogP contribution >= 0.6 is 11.6 Å². The fraction of sp³-hybridized carbons (Fsp3) is 0.550. The van der Waals surface area contributed by atoms with Crippen LogP contribution in [0.1, 0.15) is 51.5 Å². The largest absolute Gasteiger partial charge is 0.338 e. The van der Waals surface area contributed by atoms with Crippen LogP contribution in [0, 0.1) is 0 Å². The fourth-order valence-corrected chi connectivity index (χ4v) is 4.20. The molecule has 4 amide bonds. The van der Waals surface area contributed by atoms with Crippen LogP contribution in [0.15, 0.2) is 24.3 Å². The van der Waals surface area contributed by atoms with Gasteiger partial charge in [0.15, 0.2) is 0 Å².